The number of ether oxygens (including phenoxy) is 1. The summed E-state index contributed by atoms with van der Waals surface area (Å²) in [5.74, 6) is -0.838. The maximum Gasteiger partial charge on any atom is 0.408 e. The van der Waals surface area contributed by atoms with E-state index in [4.69, 9.17) is 0 Å². The molecule has 0 aliphatic rings. The summed E-state index contributed by atoms with van der Waals surface area (Å²) in [5.41, 5.74) is -0.209. The minimum absolute atomic E-state index is 0.209. The van der Waals surface area contributed by atoms with Crippen LogP contribution in [-0.2, 0) is 11.3 Å². The van der Waals surface area contributed by atoms with Gasteiger partial charge in [0.15, 0.2) is 0 Å². The van der Waals surface area contributed by atoms with Crippen molar-refractivity contribution in [3.05, 3.63) is 15.5 Å². The molecule has 0 aromatic carbocycles. The molecule has 0 N–H and O–H groups in total. The third-order valence-electron chi connectivity index (χ3n) is 1.47. The van der Waals surface area contributed by atoms with Gasteiger partial charge in [0, 0.05) is 6.07 Å². The van der Waals surface area contributed by atoms with Crippen molar-refractivity contribution < 1.29 is 22.7 Å². The second-order valence-electron chi connectivity index (χ2n) is 2.62. The van der Waals surface area contributed by atoms with Crippen LogP contribution in [0.3, 0.4) is 0 Å². The van der Waals surface area contributed by atoms with Crippen LogP contribution in [0.15, 0.2) is 6.07 Å². The van der Waals surface area contributed by atoms with E-state index < -0.39 is 18.7 Å². The fourth-order valence-electron chi connectivity index (χ4n) is 0.945. The third-order valence-corrected chi connectivity index (χ3v) is 2.00. The van der Waals surface area contributed by atoms with Gasteiger partial charge in [0.05, 0.1) is 7.11 Å². The van der Waals surface area contributed by atoms with Crippen molar-refractivity contribution in [2.45, 2.75) is 12.7 Å². The molecule has 0 aliphatic heterocycles. The number of halogens is 4. The van der Waals surface area contributed by atoms with Crippen LogP contribution in [0.1, 0.15) is 10.5 Å². The summed E-state index contributed by atoms with van der Waals surface area (Å²) in [6.07, 6.45) is -4.42. The largest absolute Gasteiger partial charge is 0.464 e. The van der Waals surface area contributed by atoms with Gasteiger partial charge in [-0.05, 0) is 22.6 Å². The first-order valence-corrected chi connectivity index (χ1v) is 4.80. The monoisotopic (exact) mass is 334 g/mol. The average Bonchev–Trinajstić information content (AvgIpc) is 2.42. The van der Waals surface area contributed by atoms with Gasteiger partial charge in [-0.25, -0.2) is 9.48 Å². The van der Waals surface area contributed by atoms with E-state index in [0.29, 0.717) is 8.38 Å². The van der Waals surface area contributed by atoms with Crippen LogP contribution in [0.2, 0.25) is 0 Å². The first-order chi connectivity index (χ1) is 6.83. The minimum Gasteiger partial charge on any atom is -0.464 e. The number of carbonyl (C=O) groups is 1. The molecule has 1 aromatic rings. The van der Waals surface area contributed by atoms with E-state index in [-0.39, 0.29) is 5.69 Å². The Balaban J connectivity index is 3.01. The minimum atomic E-state index is -4.42. The van der Waals surface area contributed by atoms with E-state index in [1.165, 1.54) is 6.07 Å². The van der Waals surface area contributed by atoms with E-state index in [9.17, 15) is 18.0 Å². The molecular formula is C7H6F3IN2O2. The smallest absolute Gasteiger partial charge is 0.408 e. The Morgan fingerprint density at radius 2 is 2.27 bits per heavy atom. The van der Waals surface area contributed by atoms with Crippen LogP contribution in [0.5, 0.6) is 0 Å². The average molecular weight is 334 g/mol. The number of aromatic nitrogens is 2. The lowest BCUT2D eigenvalue weighted by molar-refractivity contribution is -0.142. The molecule has 1 aromatic heterocycles. The molecule has 1 heterocycles. The molecule has 0 unspecified atom stereocenters. The predicted molar refractivity (Wildman–Crippen MR) is 52.3 cm³/mol. The number of hydrogen-bond acceptors (Lipinski definition) is 3. The summed E-state index contributed by atoms with van der Waals surface area (Å²) in [6, 6.07) is 1.23. The lowest BCUT2D eigenvalue weighted by atomic mass is 10.4. The van der Waals surface area contributed by atoms with Crippen LogP contribution >= 0.6 is 22.6 Å². The Labute approximate surface area is 96.5 Å². The van der Waals surface area contributed by atoms with E-state index in [2.05, 4.69) is 9.84 Å². The number of methoxy groups -OCH3 is 1. The SMILES string of the molecule is COC(=O)c1cc(I)nn1CC(F)(F)F. The molecule has 8 heteroatoms. The Hall–Kier alpha value is -0.800. The summed E-state index contributed by atoms with van der Waals surface area (Å²) in [7, 11) is 1.10. The van der Waals surface area contributed by atoms with Gasteiger partial charge >= 0.3 is 12.1 Å². The number of carbonyl (C=O) groups excluding carboxylic acids is 1. The van der Waals surface area contributed by atoms with E-state index >= 15 is 0 Å². The summed E-state index contributed by atoms with van der Waals surface area (Å²) >= 11 is 1.72. The highest BCUT2D eigenvalue weighted by atomic mass is 127. The standard InChI is InChI=1S/C7H6F3IN2O2/c1-15-6(14)4-2-5(11)12-13(4)3-7(8,9)10/h2H,3H2,1H3. The highest BCUT2D eigenvalue weighted by Gasteiger charge is 2.31. The van der Waals surface area contributed by atoms with E-state index in [1.807, 2.05) is 0 Å². The van der Waals surface area contributed by atoms with Gasteiger partial charge in [0.25, 0.3) is 0 Å². The number of alkyl halides is 3. The van der Waals surface area contributed by atoms with Gasteiger partial charge in [-0.2, -0.15) is 18.3 Å². The summed E-state index contributed by atoms with van der Waals surface area (Å²) < 4.78 is 41.5. The molecule has 0 spiro atoms. The molecule has 0 amide bonds. The van der Waals surface area contributed by atoms with Gasteiger partial charge in [0.1, 0.15) is 15.9 Å². The maximum atomic E-state index is 12.1. The van der Waals surface area contributed by atoms with Crippen molar-refractivity contribution in [3.63, 3.8) is 0 Å². The van der Waals surface area contributed by atoms with Crippen LogP contribution in [0.25, 0.3) is 0 Å². The van der Waals surface area contributed by atoms with Crippen LogP contribution in [0.4, 0.5) is 13.2 Å². The zero-order chi connectivity index (χ0) is 11.6. The molecule has 4 nitrogen and oxygen atoms in total. The molecule has 1 rings (SSSR count). The Kier molecular flexibility index (Phi) is 3.58. The molecule has 15 heavy (non-hydrogen) atoms. The maximum absolute atomic E-state index is 12.1. The lowest BCUT2D eigenvalue weighted by Gasteiger charge is -2.08. The number of nitrogens with zero attached hydrogens (tertiary/aromatic N) is 2. The zero-order valence-corrected chi connectivity index (χ0v) is 9.66. The van der Waals surface area contributed by atoms with E-state index in [1.54, 1.807) is 22.6 Å². The normalized spacial score (nSPS) is 11.5. The molecule has 0 radical (unpaired) electrons. The van der Waals surface area contributed by atoms with Gasteiger partial charge in [0.2, 0.25) is 0 Å². The van der Waals surface area contributed by atoms with Gasteiger partial charge in [-0.1, -0.05) is 0 Å². The van der Waals surface area contributed by atoms with Gasteiger partial charge in [-0.3, -0.25) is 0 Å². The molecule has 0 saturated carbocycles. The van der Waals surface area contributed by atoms with Crippen molar-refractivity contribution in [1.82, 2.24) is 9.78 Å². The Morgan fingerprint density at radius 3 is 2.73 bits per heavy atom. The zero-order valence-electron chi connectivity index (χ0n) is 7.51. The quantitative estimate of drug-likeness (QED) is 0.612. The second-order valence-corrected chi connectivity index (χ2v) is 3.72. The van der Waals surface area contributed by atoms with Gasteiger partial charge < -0.3 is 4.74 Å². The highest BCUT2D eigenvalue weighted by Crippen LogP contribution is 2.19. The lowest BCUT2D eigenvalue weighted by Crippen LogP contribution is -2.22. The molecule has 0 bridgehead atoms. The van der Waals surface area contributed by atoms with Gasteiger partial charge in [-0.15, -0.1) is 0 Å². The van der Waals surface area contributed by atoms with Crippen LogP contribution < -0.4 is 0 Å². The van der Waals surface area contributed by atoms with Crippen molar-refractivity contribution in [3.8, 4) is 0 Å². The van der Waals surface area contributed by atoms with Crippen molar-refractivity contribution in [2.75, 3.05) is 7.11 Å². The first kappa shape index (κ1) is 12.3. The molecule has 84 valence electrons. The summed E-state index contributed by atoms with van der Waals surface area (Å²) in [6.45, 7) is -1.31. The number of rotatable bonds is 2. The highest BCUT2D eigenvalue weighted by molar-refractivity contribution is 14.1. The number of esters is 1. The number of hydrogen-bond donors (Lipinski definition) is 0. The fourth-order valence-corrected chi connectivity index (χ4v) is 1.50. The topological polar surface area (TPSA) is 44.1 Å². The Morgan fingerprint density at radius 1 is 1.67 bits per heavy atom. The Bertz CT molecular complexity index is 375. The van der Waals surface area contributed by atoms with E-state index in [0.717, 1.165) is 7.11 Å². The molecule has 0 atom stereocenters. The molecular weight excluding hydrogens is 328 g/mol. The predicted octanol–water partition coefficient (Wildman–Crippen LogP) is 1.84. The summed E-state index contributed by atoms with van der Waals surface area (Å²) in [5, 5.41) is 3.55. The molecule has 0 aliphatic carbocycles. The first-order valence-electron chi connectivity index (χ1n) is 3.72. The van der Waals surface area contributed by atoms with Crippen LogP contribution in [-0.4, -0.2) is 29.0 Å². The summed E-state index contributed by atoms with van der Waals surface area (Å²) in [4.78, 5) is 11.1. The third kappa shape index (κ3) is 3.36. The molecule has 0 fully saturated rings. The second kappa shape index (κ2) is 4.37. The molecule has 0 saturated heterocycles. The fraction of sp³-hybridized carbons (Fsp3) is 0.429. The van der Waals surface area contributed by atoms with Crippen molar-refractivity contribution in [1.29, 1.82) is 0 Å². The van der Waals surface area contributed by atoms with Crippen LogP contribution in [0, 0.1) is 3.70 Å². The van der Waals surface area contributed by atoms with Crippen molar-refractivity contribution >= 4 is 28.6 Å². The van der Waals surface area contributed by atoms with Crippen molar-refractivity contribution in [2.24, 2.45) is 0 Å².